The first-order chi connectivity index (χ1) is 13.5. The highest BCUT2D eigenvalue weighted by Crippen LogP contribution is 2.25. The fourth-order valence-electron chi connectivity index (χ4n) is 3.38. The van der Waals surface area contributed by atoms with Crippen molar-refractivity contribution in [1.29, 1.82) is 0 Å². The van der Waals surface area contributed by atoms with Gasteiger partial charge in [0, 0.05) is 5.56 Å². The molecule has 1 heterocycles. The summed E-state index contributed by atoms with van der Waals surface area (Å²) in [4.78, 5) is 4.62. The predicted octanol–water partition coefficient (Wildman–Crippen LogP) is 4.44. The van der Waals surface area contributed by atoms with Gasteiger partial charge < -0.3 is 4.52 Å². The molecule has 0 bridgehead atoms. The van der Waals surface area contributed by atoms with Gasteiger partial charge >= 0.3 is 0 Å². The number of rotatable bonds is 5. The first-order valence-electron chi connectivity index (χ1n) is 9.48. The van der Waals surface area contributed by atoms with Crippen LogP contribution in [0, 0.1) is 20.8 Å². The van der Waals surface area contributed by atoms with E-state index in [0.29, 0.717) is 21.8 Å². The molecule has 1 aromatic heterocycles. The number of aromatic nitrogens is 2. The van der Waals surface area contributed by atoms with Crippen LogP contribution in [0.4, 0.5) is 0 Å². The molecule has 29 heavy (non-hydrogen) atoms. The number of hydrogen-bond acceptors (Lipinski definition) is 5. The van der Waals surface area contributed by atoms with Crippen LogP contribution in [0.5, 0.6) is 0 Å². The highest BCUT2D eigenvalue weighted by Gasteiger charge is 2.21. The topological polar surface area (TPSA) is 85.1 Å². The van der Waals surface area contributed by atoms with Gasteiger partial charge in [-0.1, -0.05) is 67.9 Å². The van der Waals surface area contributed by atoms with Crippen molar-refractivity contribution >= 4 is 10.0 Å². The second-order valence-electron chi connectivity index (χ2n) is 8.39. The molecule has 0 unspecified atom stereocenters. The average molecular weight is 414 g/mol. The molecule has 0 saturated carbocycles. The monoisotopic (exact) mass is 413 g/mol. The third kappa shape index (κ3) is 4.74. The smallest absolute Gasteiger partial charge is 0.242 e. The van der Waals surface area contributed by atoms with E-state index in [9.17, 15) is 8.42 Å². The first-order valence-corrected chi connectivity index (χ1v) is 11.0. The molecule has 0 fully saturated rings. The van der Waals surface area contributed by atoms with E-state index in [1.54, 1.807) is 13.8 Å². The van der Waals surface area contributed by atoms with Crippen LogP contribution in [-0.4, -0.2) is 18.6 Å². The zero-order chi connectivity index (χ0) is 21.4. The lowest BCUT2D eigenvalue weighted by Crippen LogP contribution is -2.25. The predicted molar refractivity (Wildman–Crippen MR) is 113 cm³/mol. The summed E-state index contributed by atoms with van der Waals surface area (Å²) in [5, 5.41) is 3.98. The molecular weight excluding hydrogens is 386 g/mol. The summed E-state index contributed by atoms with van der Waals surface area (Å²) in [6.45, 7) is 11.9. The van der Waals surface area contributed by atoms with Crippen molar-refractivity contribution in [2.75, 3.05) is 0 Å². The van der Waals surface area contributed by atoms with E-state index in [2.05, 4.69) is 35.6 Å². The van der Waals surface area contributed by atoms with Gasteiger partial charge in [0.15, 0.2) is 0 Å². The molecule has 154 valence electrons. The molecular formula is C22H27N3O3S. The summed E-state index contributed by atoms with van der Waals surface area (Å²) < 4.78 is 33.3. The highest BCUT2D eigenvalue weighted by atomic mass is 32.2. The molecule has 0 aliphatic heterocycles. The maximum absolute atomic E-state index is 12.8. The van der Waals surface area contributed by atoms with Crippen molar-refractivity contribution in [3.05, 3.63) is 64.5 Å². The average Bonchev–Trinajstić information content (AvgIpc) is 3.07. The SMILES string of the molecule is Cc1cc(C)c(S(=O)(=O)NCc2nc(-c3ccc(C(C)(C)C)cc3)no2)c(C)c1. The molecule has 3 rings (SSSR count). The lowest BCUT2D eigenvalue weighted by molar-refractivity contribution is 0.376. The zero-order valence-corrected chi connectivity index (χ0v) is 18.5. The van der Waals surface area contributed by atoms with Crippen LogP contribution in [0.1, 0.15) is 48.9 Å². The third-order valence-electron chi connectivity index (χ3n) is 4.76. The van der Waals surface area contributed by atoms with E-state index >= 15 is 0 Å². The number of aryl methyl sites for hydroxylation is 3. The van der Waals surface area contributed by atoms with E-state index in [1.165, 1.54) is 5.56 Å². The van der Waals surface area contributed by atoms with Crippen LogP contribution in [0.2, 0.25) is 0 Å². The summed E-state index contributed by atoms with van der Waals surface area (Å²) in [7, 11) is -3.69. The van der Waals surface area contributed by atoms with Crippen LogP contribution >= 0.6 is 0 Å². The van der Waals surface area contributed by atoms with Crippen molar-refractivity contribution in [2.45, 2.75) is 58.4 Å². The Balaban J connectivity index is 1.76. The molecule has 1 N–H and O–H groups in total. The minimum absolute atomic E-state index is 0.0610. The molecule has 0 spiro atoms. The minimum Gasteiger partial charge on any atom is -0.338 e. The van der Waals surface area contributed by atoms with E-state index in [-0.39, 0.29) is 17.9 Å². The second kappa shape index (κ2) is 7.72. The Bertz CT molecular complexity index is 1100. The third-order valence-corrected chi connectivity index (χ3v) is 6.47. The van der Waals surface area contributed by atoms with Gasteiger partial charge in [-0.3, -0.25) is 0 Å². The maximum Gasteiger partial charge on any atom is 0.242 e. The van der Waals surface area contributed by atoms with Gasteiger partial charge in [0.1, 0.15) is 0 Å². The van der Waals surface area contributed by atoms with E-state index in [4.69, 9.17) is 4.52 Å². The molecule has 7 heteroatoms. The van der Waals surface area contributed by atoms with Crippen molar-refractivity contribution in [3.63, 3.8) is 0 Å². The van der Waals surface area contributed by atoms with Crippen molar-refractivity contribution < 1.29 is 12.9 Å². The standard InChI is InChI=1S/C22H27N3O3S/c1-14-11-15(2)20(16(3)12-14)29(26,27)23-13-19-24-21(25-28-19)17-7-9-18(10-8-17)22(4,5)6/h7-12,23H,13H2,1-6H3. The van der Waals surface area contributed by atoms with Crippen molar-refractivity contribution in [2.24, 2.45) is 0 Å². The maximum atomic E-state index is 12.8. The quantitative estimate of drug-likeness (QED) is 0.668. The summed E-state index contributed by atoms with van der Waals surface area (Å²) >= 11 is 0. The van der Waals surface area contributed by atoms with E-state index in [0.717, 1.165) is 11.1 Å². The summed E-state index contributed by atoms with van der Waals surface area (Å²) in [5.41, 5.74) is 4.53. The molecule has 6 nitrogen and oxygen atoms in total. The summed E-state index contributed by atoms with van der Waals surface area (Å²) in [6, 6.07) is 11.7. The van der Waals surface area contributed by atoms with Gasteiger partial charge in [-0.05, 0) is 42.9 Å². The van der Waals surface area contributed by atoms with E-state index < -0.39 is 10.0 Å². The molecule has 2 aromatic carbocycles. The van der Waals surface area contributed by atoms with Crippen LogP contribution in [0.3, 0.4) is 0 Å². The lowest BCUT2D eigenvalue weighted by atomic mass is 9.87. The number of hydrogen-bond donors (Lipinski definition) is 1. The molecule has 3 aromatic rings. The molecule has 0 radical (unpaired) electrons. The Morgan fingerprint density at radius 2 is 1.59 bits per heavy atom. The van der Waals surface area contributed by atoms with Gasteiger partial charge in [0.2, 0.25) is 21.7 Å². The Morgan fingerprint density at radius 3 is 2.14 bits per heavy atom. The molecule has 0 saturated heterocycles. The highest BCUT2D eigenvalue weighted by molar-refractivity contribution is 7.89. The van der Waals surface area contributed by atoms with E-state index in [1.807, 2.05) is 43.3 Å². The van der Waals surface area contributed by atoms with Gasteiger partial charge in [-0.25, -0.2) is 13.1 Å². The number of benzene rings is 2. The van der Waals surface area contributed by atoms with Crippen molar-refractivity contribution in [3.8, 4) is 11.4 Å². The van der Waals surface area contributed by atoms with Gasteiger partial charge in [-0.2, -0.15) is 4.98 Å². The first kappa shape index (κ1) is 21.2. The summed E-state index contributed by atoms with van der Waals surface area (Å²) in [5.74, 6) is 0.647. The van der Waals surface area contributed by atoms with Crippen LogP contribution < -0.4 is 4.72 Å². The Kier molecular flexibility index (Phi) is 5.65. The minimum atomic E-state index is -3.69. The normalized spacial score (nSPS) is 12.3. The van der Waals surface area contributed by atoms with Crippen LogP contribution in [0.15, 0.2) is 45.8 Å². The Morgan fingerprint density at radius 1 is 1.00 bits per heavy atom. The van der Waals surface area contributed by atoms with Gasteiger partial charge in [0.05, 0.1) is 11.4 Å². The molecule has 0 atom stereocenters. The molecule has 0 aliphatic carbocycles. The number of nitrogens with one attached hydrogen (secondary N) is 1. The van der Waals surface area contributed by atoms with Gasteiger partial charge in [-0.15, -0.1) is 0 Å². The Hall–Kier alpha value is -2.51. The molecule has 0 amide bonds. The zero-order valence-electron chi connectivity index (χ0n) is 17.7. The lowest BCUT2D eigenvalue weighted by Gasteiger charge is -2.18. The summed E-state index contributed by atoms with van der Waals surface area (Å²) in [6.07, 6.45) is 0. The van der Waals surface area contributed by atoms with Crippen molar-refractivity contribution in [1.82, 2.24) is 14.9 Å². The van der Waals surface area contributed by atoms with Crippen LogP contribution in [0.25, 0.3) is 11.4 Å². The number of nitrogens with zero attached hydrogens (tertiary/aromatic N) is 2. The Labute approximate surface area is 172 Å². The fourth-order valence-corrected chi connectivity index (χ4v) is 4.81. The second-order valence-corrected chi connectivity index (χ2v) is 10.1. The largest absolute Gasteiger partial charge is 0.338 e. The van der Waals surface area contributed by atoms with Gasteiger partial charge in [0.25, 0.3) is 0 Å². The number of sulfonamides is 1. The fraction of sp³-hybridized carbons (Fsp3) is 0.364. The van der Waals surface area contributed by atoms with Crippen LogP contribution in [-0.2, 0) is 22.0 Å². The molecule has 0 aliphatic rings.